The molecule has 0 radical (unpaired) electrons. The van der Waals surface area contributed by atoms with Crippen molar-refractivity contribution < 1.29 is 9.53 Å². The Hall–Kier alpha value is -2.88. The molecule has 0 unspecified atom stereocenters. The predicted octanol–water partition coefficient (Wildman–Crippen LogP) is 3.76. The lowest BCUT2D eigenvalue weighted by Gasteiger charge is -2.07. The fourth-order valence-corrected chi connectivity index (χ4v) is 2.81. The van der Waals surface area contributed by atoms with Crippen LogP contribution in [0.5, 0.6) is 5.75 Å². The van der Waals surface area contributed by atoms with E-state index >= 15 is 0 Å². The minimum Gasteiger partial charge on any atom is -0.496 e. The smallest absolute Gasteiger partial charge is 0.275 e. The van der Waals surface area contributed by atoms with Crippen molar-refractivity contribution in [2.75, 3.05) is 7.11 Å². The van der Waals surface area contributed by atoms with Gasteiger partial charge in [-0.05, 0) is 42.2 Å². The van der Waals surface area contributed by atoms with E-state index in [0.29, 0.717) is 18.0 Å². The van der Waals surface area contributed by atoms with Gasteiger partial charge in [-0.1, -0.05) is 43.3 Å². The highest BCUT2D eigenvalue weighted by Gasteiger charge is 2.20. The van der Waals surface area contributed by atoms with E-state index < -0.39 is 0 Å². The normalized spacial score (nSPS) is 15.2. The Kier molecular flexibility index (Phi) is 5.29. The van der Waals surface area contributed by atoms with E-state index in [1.54, 1.807) is 13.2 Å². The topological polar surface area (TPSA) is 50.7 Å². The number of nitrogens with zero attached hydrogens (tertiary/aromatic N) is 1. The number of rotatable bonds is 6. The van der Waals surface area contributed by atoms with Crippen LogP contribution in [0.25, 0.3) is 6.08 Å². The number of aliphatic imine (C=N–C) groups is 1. The number of aryl methyl sites for hydroxylation is 2. The van der Waals surface area contributed by atoms with Crippen LogP contribution in [0.2, 0.25) is 0 Å². The van der Waals surface area contributed by atoms with E-state index in [2.05, 4.69) is 29.4 Å². The van der Waals surface area contributed by atoms with Crippen molar-refractivity contribution in [1.82, 2.24) is 5.32 Å². The average molecular weight is 334 g/mol. The lowest BCUT2D eigenvalue weighted by Crippen LogP contribution is -2.24. The van der Waals surface area contributed by atoms with Gasteiger partial charge < -0.3 is 10.1 Å². The highest BCUT2D eigenvalue weighted by Crippen LogP contribution is 2.24. The number of nitrogens with one attached hydrogen (secondary N) is 1. The third-order valence-corrected chi connectivity index (χ3v) is 4.23. The van der Waals surface area contributed by atoms with Crippen LogP contribution in [-0.4, -0.2) is 18.9 Å². The molecule has 0 aromatic heterocycles. The van der Waals surface area contributed by atoms with E-state index in [1.165, 1.54) is 11.1 Å². The second-order valence-electron chi connectivity index (χ2n) is 5.96. The van der Waals surface area contributed by atoms with Crippen LogP contribution < -0.4 is 10.1 Å². The quantitative estimate of drug-likeness (QED) is 0.818. The summed E-state index contributed by atoms with van der Waals surface area (Å²) in [5, 5.41) is 2.86. The average Bonchev–Trinajstić information content (AvgIpc) is 3.00. The number of amides is 1. The molecular formula is C21H22N2O2. The van der Waals surface area contributed by atoms with Gasteiger partial charge in [0.05, 0.1) is 7.11 Å². The summed E-state index contributed by atoms with van der Waals surface area (Å²) in [5.41, 5.74) is 3.73. The summed E-state index contributed by atoms with van der Waals surface area (Å²) in [5.74, 6) is 1.29. The van der Waals surface area contributed by atoms with E-state index in [4.69, 9.17) is 4.74 Å². The van der Waals surface area contributed by atoms with Gasteiger partial charge in [0.25, 0.3) is 5.91 Å². The van der Waals surface area contributed by atoms with Crippen LogP contribution >= 0.6 is 0 Å². The van der Waals surface area contributed by atoms with Gasteiger partial charge in [-0.3, -0.25) is 4.79 Å². The molecule has 0 fully saturated rings. The fraction of sp³-hybridized carbons (Fsp3) is 0.238. The van der Waals surface area contributed by atoms with Gasteiger partial charge in [0.1, 0.15) is 17.3 Å². The molecule has 2 aromatic rings. The van der Waals surface area contributed by atoms with Gasteiger partial charge in [-0.2, -0.15) is 0 Å². The van der Waals surface area contributed by atoms with Gasteiger partial charge in [0.2, 0.25) is 0 Å². The first kappa shape index (κ1) is 17.0. The van der Waals surface area contributed by atoms with Crippen LogP contribution in [0.1, 0.15) is 30.0 Å². The first-order chi connectivity index (χ1) is 12.2. The highest BCUT2D eigenvalue weighted by molar-refractivity contribution is 6.14. The number of hydrogen-bond donors (Lipinski definition) is 1. The van der Waals surface area contributed by atoms with Gasteiger partial charge in [-0.25, -0.2) is 4.99 Å². The summed E-state index contributed by atoms with van der Waals surface area (Å²) in [6.45, 7) is 2.10. The summed E-state index contributed by atoms with van der Waals surface area (Å²) in [6.07, 6.45) is 4.28. The summed E-state index contributed by atoms with van der Waals surface area (Å²) in [4.78, 5) is 16.7. The van der Waals surface area contributed by atoms with Gasteiger partial charge >= 0.3 is 0 Å². The molecule has 1 aliphatic rings. The Morgan fingerprint density at radius 2 is 1.88 bits per heavy atom. The SMILES string of the molecule is CCc1ccc(OC)c(/C=C2/N=C(CCc3ccccc3)NC2=O)c1. The van der Waals surface area contributed by atoms with Gasteiger partial charge in [-0.15, -0.1) is 0 Å². The van der Waals surface area contributed by atoms with Crippen LogP contribution in [0, 0.1) is 0 Å². The number of carbonyl (C=O) groups excluding carboxylic acids is 1. The van der Waals surface area contributed by atoms with Crippen LogP contribution in [0.4, 0.5) is 0 Å². The van der Waals surface area contributed by atoms with E-state index in [0.717, 1.165) is 24.2 Å². The Morgan fingerprint density at radius 3 is 2.60 bits per heavy atom. The molecule has 1 amide bonds. The van der Waals surface area contributed by atoms with Crippen molar-refractivity contribution in [2.45, 2.75) is 26.2 Å². The molecule has 0 atom stereocenters. The van der Waals surface area contributed by atoms with Crippen molar-refractivity contribution in [2.24, 2.45) is 4.99 Å². The molecule has 25 heavy (non-hydrogen) atoms. The molecule has 0 spiro atoms. The van der Waals surface area contributed by atoms with Crippen molar-refractivity contribution in [1.29, 1.82) is 0 Å². The van der Waals surface area contributed by atoms with Crippen LogP contribution in [0.15, 0.2) is 59.2 Å². The summed E-state index contributed by atoms with van der Waals surface area (Å²) in [6, 6.07) is 16.2. The molecule has 0 aliphatic carbocycles. The number of amidine groups is 1. The lowest BCUT2D eigenvalue weighted by atomic mass is 10.1. The standard InChI is InChI=1S/C21H22N2O2/c1-3-15-9-11-19(25-2)17(13-15)14-18-21(24)23-20(22-18)12-10-16-7-5-4-6-8-16/h4-9,11,13-14H,3,10,12H2,1-2H3,(H,22,23,24)/b18-14+. The molecule has 1 N–H and O–H groups in total. The summed E-state index contributed by atoms with van der Waals surface area (Å²) >= 11 is 0. The Labute approximate surface area is 148 Å². The minimum absolute atomic E-state index is 0.160. The predicted molar refractivity (Wildman–Crippen MR) is 101 cm³/mol. The molecule has 0 saturated carbocycles. The Morgan fingerprint density at radius 1 is 1.08 bits per heavy atom. The van der Waals surface area contributed by atoms with Crippen molar-refractivity contribution >= 4 is 17.8 Å². The van der Waals surface area contributed by atoms with E-state index in [9.17, 15) is 4.79 Å². The molecule has 3 rings (SSSR count). The molecule has 0 saturated heterocycles. The monoisotopic (exact) mass is 334 g/mol. The molecule has 4 nitrogen and oxygen atoms in total. The zero-order valence-corrected chi connectivity index (χ0v) is 14.6. The maximum absolute atomic E-state index is 12.2. The molecule has 1 aliphatic heterocycles. The van der Waals surface area contributed by atoms with Crippen molar-refractivity contribution in [3.8, 4) is 5.75 Å². The van der Waals surface area contributed by atoms with Crippen molar-refractivity contribution in [3.63, 3.8) is 0 Å². The first-order valence-corrected chi connectivity index (χ1v) is 8.51. The number of carbonyl (C=O) groups is 1. The zero-order valence-electron chi connectivity index (χ0n) is 14.6. The number of ether oxygens (including phenoxy) is 1. The first-order valence-electron chi connectivity index (χ1n) is 8.51. The second kappa shape index (κ2) is 7.79. The zero-order chi connectivity index (χ0) is 17.6. The van der Waals surface area contributed by atoms with Crippen LogP contribution in [-0.2, 0) is 17.6 Å². The largest absolute Gasteiger partial charge is 0.496 e. The summed E-state index contributed by atoms with van der Waals surface area (Å²) in [7, 11) is 1.63. The molecule has 1 heterocycles. The second-order valence-corrected chi connectivity index (χ2v) is 5.96. The molecular weight excluding hydrogens is 312 g/mol. The third kappa shape index (κ3) is 4.15. The highest BCUT2D eigenvalue weighted by atomic mass is 16.5. The van der Waals surface area contributed by atoms with Gasteiger partial charge in [0, 0.05) is 12.0 Å². The lowest BCUT2D eigenvalue weighted by molar-refractivity contribution is -0.115. The molecule has 128 valence electrons. The summed E-state index contributed by atoms with van der Waals surface area (Å²) < 4.78 is 5.40. The van der Waals surface area contributed by atoms with Crippen LogP contribution in [0.3, 0.4) is 0 Å². The molecule has 4 heteroatoms. The molecule has 2 aromatic carbocycles. The minimum atomic E-state index is -0.160. The van der Waals surface area contributed by atoms with Crippen molar-refractivity contribution in [3.05, 3.63) is 70.9 Å². The molecule has 0 bridgehead atoms. The van der Waals surface area contributed by atoms with Gasteiger partial charge in [0.15, 0.2) is 0 Å². The maximum Gasteiger partial charge on any atom is 0.275 e. The third-order valence-electron chi connectivity index (χ3n) is 4.23. The maximum atomic E-state index is 12.2. The number of hydrogen-bond acceptors (Lipinski definition) is 3. The Bertz CT molecular complexity index is 823. The number of benzene rings is 2. The Balaban J connectivity index is 1.79. The van der Waals surface area contributed by atoms with E-state index in [-0.39, 0.29) is 5.91 Å². The number of methoxy groups -OCH3 is 1. The van der Waals surface area contributed by atoms with E-state index in [1.807, 2.05) is 36.4 Å². The fourth-order valence-electron chi connectivity index (χ4n) is 2.81.